The number of carboxylic acids is 1. The molecule has 4 heterocycles. The van der Waals surface area contributed by atoms with Gasteiger partial charge in [0.15, 0.2) is 0 Å². The number of aromatic carboxylic acids is 1. The average molecular weight is 600 g/mol. The number of aromatic nitrogens is 4. The first-order valence-corrected chi connectivity index (χ1v) is 14.6. The van der Waals surface area contributed by atoms with E-state index in [1.54, 1.807) is 36.4 Å². The van der Waals surface area contributed by atoms with Crippen LogP contribution in [0.1, 0.15) is 57.5 Å². The normalized spacial score (nSPS) is 14.3. The Morgan fingerprint density at radius 2 is 1.88 bits per heavy atom. The van der Waals surface area contributed by atoms with Crippen LogP contribution in [0.25, 0.3) is 11.0 Å². The van der Waals surface area contributed by atoms with E-state index in [4.69, 9.17) is 26.3 Å². The number of hydrogen-bond acceptors (Lipinski definition) is 6. The van der Waals surface area contributed by atoms with Crippen LogP contribution in [-0.2, 0) is 19.7 Å². The molecule has 8 nitrogen and oxygen atoms in total. The van der Waals surface area contributed by atoms with E-state index < -0.39 is 11.8 Å². The van der Waals surface area contributed by atoms with E-state index in [1.165, 1.54) is 6.07 Å². The molecular weight excluding hydrogens is 569 g/mol. The summed E-state index contributed by atoms with van der Waals surface area (Å²) in [6, 6.07) is 19.4. The van der Waals surface area contributed by atoms with Crippen LogP contribution in [0.2, 0.25) is 5.02 Å². The molecule has 3 aromatic heterocycles. The number of likely N-dealkylation sites (tertiary alicyclic amines) is 1. The Hall–Kier alpha value is -4.34. The van der Waals surface area contributed by atoms with Crippen molar-refractivity contribution in [1.82, 2.24) is 24.4 Å². The van der Waals surface area contributed by atoms with Crippen molar-refractivity contribution < 1.29 is 19.0 Å². The molecule has 1 aliphatic rings. The van der Waals surface area contributed by atoms with E-state index in [1.807, 2.05) is 37.4 Å². The topological polar surface area (TPSA) is 93.4 Å². The van der Waals surface area contributed by atoms with Crippen molar-refractivity contribution in [2.45, 2.75) is 45.4 Å². The van der Waals surface area contributed by atoms with Gasteiger partial charge in [-0.3, -0.25) is 9.88 Å². The van der Waals surface area contributed by atoms with Gasteiger partial charge in [-0.15, -0.1) is 0 Å². The second-order valence-electron chi connectivity index (χ2n) is 10.9. The number of carboxylic acid groups (broad SMARTS) is 1. The molecular formula is C33H31ClFN5O3. The van der Waals surface area contributed by atoms with Crippen molar-refractivity contribution in [3.05, 3.63) is 118 Å². The largest absolute Gasteiger partial charge is 0.478 e. The van der Waals surface area contributed by atoms with Crippen molar-refractivity contribution in [2.75, 3.05) is 13.1 Å². The Balaban J connectivity index is 1.14. The highest BCUT2D eigenvalue weighted by atomic mass is 35.5. The van der Waals surface area contributed by atoms with Gasteiger partial charge in [-0.25, -0.2) is 19.2 Å². The van der Waals surface area contributed by atoms with Crippen LogP contribution < -0.4 is 4.74 Å². The van der Waals surface area contributed by atoms with Crippen LogP contribution in [0.5, 0.6) is 5.88 Å². The number of pyridine rings is 2. The molecule has 0 unspecified atom stereocenters. The van der Waals surface area contributed by atoms with Crippen LogP contribution in [0.15, 0.2) is 72.9 Å². The first-order valence-electron chi connectivity index (χ1n) is 14.2. The number of rotatable bonds is 9. The molecule has 220 valence electrons. The fraction of sp³-hybridized carbons (Fsp3) is 0.273. The zero-order valence-corrected chi connectivity index (χ0v) is 24.5. The summed E-state index contributed by atoms with van der Waals surface area (Å²) in [4.78, 5) is 28.1. The maximum Gasteiger partial charge on any atom is 0.335 e. The minimum Gasteiger partial charge on any atom is -0.478 e. The molecule has 1 saturated heterocycles. The minimum atomic E-state index is -0.963. The maximum absolute atomic E-state index is 14.2. The molecule has 0 saturated carbocycles. The van der Waals surface area contributed by atoms with Gasteiger partial charge in [0.1, 0.15) is 18.2 Å². The number of carbonyl (C=O) groups is 1. The van der Waals surface area contributed by atoms with Gasteiger partial charge in [0.25, 0.3) is 0 Å². The molecule has 6 rings (SSSR count). The van der Waals surface area contributed by atoms with E-state index in [-0.39, 0.29) is 18.1 Å². The van der Waals surface area contributed by atoms with Crippen molar-refractivity contribution in [3.63, 3.8) is 0 Å². The summed E-state index contributed by atoms with van der Waals surface area (Å²) in [6.07, 6.45) is 3.70. The Bertz CT molecular complexity index is 1770. The van der Waals surface area contributed by atoms with E-state index in [2.05, 4.69) is 14.5 Å². The van der Waals surface area contributed by atoms with Crippen molar-refractivity contribution in [1.29, 1.82) is 0 Å². The predicted octanol–water partition coefficient (Wildman–Crippen LogP) is 6.63. The van der Waals surface area contributed by atoms with Gasteiger partial charge in [-0.05, 0) is 80.9 Å². The molecule has 10 heteroatoms. The van der Waals surface area contributed by atoms with E-state index in [9.17, 15) is 14.3 Å². The molecule has 43 heavy (non-hydrogen) atoms. The van der Waals surface area contributed by atoms with E-state index in [0.717, 1.165) is 59.7 Å². The van der Waals surface area contributed by atoms with Crippen LogP contribution in [-0.4, -0.2) is 48.6 Å². The van der Waals surface area contributed by atoms with Crippen LogP contribution >= 0.6 is 11.6 Å². The van der Waals surface area contributed by atoms with Crippen molar-refractivity contribution >= 4 is 28.6 Å². The Kier molecular flexibility index (Phi) is 8.35. The number of fused-ring (bicyclic) bond motifs is 1. The number of benzene rings is 2. The first kappa shape index (κ1) is 28.8. The molecule has 1 aliphatic heterocycles. The molecule has 2 aromatic carbocycles. The second kappa shape index (κ2) is 12.5. The fourth-order valence-corrected chi connectivity index (χ4v) is 5.65. The molecule has 0 amide bonds. The third kappa shape index (κ3) is 6.68. The lowest BCUT2D eigenvalue weighted by Gasteiger charge is -2.31. The highest BCUT2D eigenvalue weighted by Crippen LogP contribution is 2.30. The molecule has 0 bridgehead atoms. The van der Waals surface area contributed by atoms with E-state index in [0.29, 0.717) is 29.6 Å². The molecule has 5 aromatic rings. The molecule has 0 radical (unpaired) electrons. The summed E-state index contributed by atoms with van der Waals surface area (Å²) >= 11 is 5.85. The van der Waals surface area contributed by atoms with Gasteiger partial charge in [0, 0.05) is 40.2 Å². The van der Waals surface area contributed by atoms with Gasteiger partial charge in [-0.1, -0.05) is 29.8 Å². The third-order valence-electron chi connectivity index (χ3n) is 7.89. The number of halogens is 2. The lowest BCUT2D eigenvalue weighted by Crippen LogP contribution is -2.33. The quantitative estimate of drug-likeness (QED) is 0.203. The van der Waals surface area contributed by atoms with Crippen LogP contribution in [0.3, 0.4) is 0 Å². The lowest BCUT2D eigenvalue weighted by atomic mass is 9.93. The number of aryl methyl sites for hydroxylation is 1. The van der Waals surface area contributed by atoms with Gasteiger partial charge in [0.05, 0.1) is 29.7 Å². The van der Waals surface area contributed by atoms with Gasteiger partial charge >= 0.3 is 5.97 Å². The number of nitrogens with zero attached hydrogens (tertiary/aromatic N) is 5. The minimum absolute atomic E-state index is 0.0749. The van der Waals surface area contributed by atoms with E-state index >= 15 is 0 Å². The monoisotopic (exact) mass is 599 g/mol. The summed E-state index contributed by atoms with van der Waals surface area (Å²) in [7, 11) is 0. The highest BCUT2D eigenvalue weighted by molar-refractivity contribution is 6.30. The van der Waals surface area contributed by atoms with Crippen LogP contribution in [0, 0.1) is 12.7 Å². The van der Waals surface area contributed by atoms with Gasteiger partial charge < -0.3 is 14.4 Å². The Labute approximate surface area is 253 Å². The van der Waals surface area contributed by atoms with Gasteiger partial charge in [-0.2, -0.15) is 0 Å². The zero-order valence-electron chi connectivity index (χ0n) is 23.7. The number of hydrogen-bond donors (Lipinski definition) is 1. The lowest BCUT2D eigenvalue weighted by molar-refractivity contribution is 0.0697. The maximum atomic E-state index is 14.2. The second-order valence-corrected chi connectivity index (χ2v) is 11.3. The highest BCUT2D eigenvalue weighted by Gasteiger charge is 2.24. The molecule has 0 aliphatic carbocycles. The Morgan fingerprint density at radius 3 is 2.63 bits per heavy atom. The van der Waals surface area contributed by atoms with Crippen molar-refractivity contribution in [2.24, 2.45) is 0 Å². The standard InChI is InChI=1S/C33H31ClFN5O3/c1-21-5-6-22(17-36-21)18-40-30-15-24(33(41)42)8-10-29(30)37-31(40)19-39-13-11-23(12-14-39)28-3-2-4-32(38-28)43-20-25-7-9-26(34)16-27(25)35/h2-10,15-17,23H,11-14,18-20H2,1H3,(H,41,42). The van der Waals surface area contributed by atoms with Gasteiger partial charge in [0.2, 0.25) is 5.88 Å². The molecule has 1 fully saturated rings. The number of ether oxygens (including phenoxy) is 1. The number of piperidine rings is 1. The molecule has 0 spiro atoms. The summed E-state index contributed by atoms with van der Waals surface area (Å²) in [5, 5.41) is 9.93. The first-order chi connectivity index (χ1) is 20.8. The predicted molar refractivity (Wildman–Crippen MR) is 162 cm³/mol. The summed E-state index contributed by atoms with van der Waals surface area (Å²) < 4.78 is 22.1. The SMILES string of the molecule is Cc1ccc(Cn2c(CN3CCC(c4cccc(OCc5ccc(Cl)cc5F)n4)CC3)nc3ccc(C(=O)O)cc32)cn1. The summed E-state index contributed by atoms with van der Waals surface area (Å²) in [5.74, 6) is 0.273. The number of imidazole rings is 1. The molecule has 0 atom stereocenters. The zero-order chi connectivity index (χ0) is 29.9. The average Bonchev–Trinajstić information content (AvgIpc) is 3.34. The molecule has 1 N–H and O–H groups in total. The van der Waals surface area contributed by atoms with Crippen LogP contribution in [0.4, 0.5) is 4.39 Å². The fourth-order valence-electron chi connectivity index (χ4n) is 5.49. The van der Waals surface area contributed by atoms with Crippen molar-refractivity contribution in [3.8, 4) is 5.88 Å². The summed E-state index contributed by atoms with van der Waals surface area (Å²) in [5.41, 5.74) is 5.16. The Morgan fingerprint density at radius 1 is 1.05 bits per heavy atom. The smallest absolute Gasteiger partial charge is 0.335 e. The third-order valence-corrected chi connectivity index (χ3v) is 8.13. The summed E-state index contributed by atoms with van der Waals surface area (Å²) in [6.45, 7) is 4.95.